The molecule has 1 aliphatic rings. The van der Waals surface area contributed by atoms with Gasteiger partial charge in [-0.25, -0.2) is 0 Å². The third kappa shape index (κ3) is 4.81. The summed E-state index contributed by atoms with van der Waals surface area (Å²) < 4.78 is 40.7. The topological polar surface area (TPSA) is 63.1 Å². The lowest BCUT2D eigenvalue weighted by Crippen LogP contribution is -2.40. The number of nitrogens with zero attached hydrogens (tertiary/aromatic N) is 4. The lowest BCUT2D eigenvalue weighted by atomic mass is 9.97. The fourth-order valence-corrected chi connectivity index (χ4v) is 3.15. The van der Waals surface area contributed by atoms with Crippen LogP contribution in [-0.4, -0.2) is 45.4 Å². The maximum absolute atomic E-state index is 13.0. The number of carbonyl (C=O) groups is 1. The van der Waals surface area contributed by atoms with Gasteiger partial charge in [-0.05, 0) is 44.0 Å². The van der Waals surface area contributed by atoms with E-state index in [1.165, 1.54) is 18.2 Å². The standard InChI is InChI=1S/C17H20F3N5O/c18-17(19,20)14-3-1-2-4-15(14)22-16(26)12-24-8-5-13(6-9-24)11-25-10-7-21-23-25/h1-4,7,10,13H,5-6,8-9,11-12H2,(H,22,26). The van der Waals surface area contributed by atoms with Gasteiger partial charge in [0.2, 0.25) is 5.91 Å². The van der Waals surface area contributed by atoms with Crippen LogP contribution in [0.5, 0.6) is 0 Å². The Morgan fingerprint density at radius 2 is 1.96 bits per heavy atom. The number of piperidine rings is 1. The van der Waals surface area contributed by atoms with Crippen molar-refractivity contribution in [3.63, 3.8) is 0 Å². The van der Waals surface area contributed by atoms with Gasteiger partial charge in [0.05, 0.1) is 24.0 Å². The molecule has 0 aliphatic carbocycles. The summed E-state index contributed by atoms with van der Waals surface area (Å²) in [6.45, 7) is 2.34. The minimum atomic E-state index is -4.50. The normalized spacial score (nSPS) is 16.6. The molecule has 0 saturated carbocycles. The number of rotatable bonds is 5. The van der Waals surface area contributed by atoms with E-state index in [0.717, 1.165) is 38.5 Å². The van der Waals surface area contributed by atoms with Gasteiger partial charge in [-0.1, -0.05) is 17.3 Å². The average molecular weight is 367 g/mol. The molecule has 1 fully saturated rings. The van der Waals surface area contributed by atoms with Crippen LogP contribution < -0.4 is 5.32 Å². The molecule has 0 bridgehead atoms. The van der Waals surface area contributed by atoms with Crippen molar-refractivity contribution in [1.82, 2.24) is 19.9 Å². The van der Waals surface area contributed by atoms with E-state index < -0.39 is 17.6 Å². The van der Waals surface area contributed by atoms with Crippen molar-refractivity contribution in [2.24, 2.45) is 5.92 Å². The highest BCUT2D eigenvalue weighted by molar-refractivity contribution is 5.93. The van der Waals surface area contributed by atoms with Gasteiger partial charge >= 0.3 is 6.18 Å². The van der Waals surface area contributed by atoms with E-state index in [1.54, 1.807) is 10.9 Å². The number of anilines is 1. The zero-order chi connectivity index (χ0) is 18.6. The van der Waals surface area contributed by atoms with Gasteiger partial charge < -0.3 is 5.32 Å². The van der Waals surface area contributed by atoms with Crippen molar-refractivity contribution < 1.29 is 18.0 Å². The van der Waals surface area contributed by atoms with Crippen molar-refractivity contribution >= 4 is 11.6 Å². The quantitative estimate of drug-likeness (QED) is 0.883. The number of hydrogen-bond acceptors (Lipinski definition) is 4. The second-order valence-corrected chi connectivity index (χ2v) is 6.44. The maximum Gasteiger partial charge on any atom is 0.418 e. The number of aromatic nitrogens is 3. The van der Waals surface area contributed by atoms with Crippen molar-refractivity contribution in [3.8, 4) is 0 Å². The molecule has 0 spiro atoms. The molecule has 0 radical (unpaired) electrons. The van der Waals surface area contributed by atoms with E-state index in [0.29, 0.717) is 5.92 Å². The maximum atomic E-state index is 13.0. The number of carbonyl (C=O) groups excluding carboxylic acids is 1. The zero-order valence-corrected chi connectivity index (χ0v) is 14.1. The molecular weight excluding hydrogens is 347 g/mol. The number of para-hydroxylation sites is 1. The van der Waals surface area contributed by atoms with Crippen LogP contribution in [0, 0.1) is 5.92 Å². The molecule has 1 saturated heterocycles. The van der Waals surface area contributed by atoms with Gasteiger partial charge in [0.15, 0.2) is 0 Å². The van der Waals surface area contributed by atoms with E-state index in [4.69, 9.17) is 0 Å². The first-order chi connectivity index (χ1) is 12.4. The molecule has 1 N–H and O–H groups in total. The molecule has 1 aliphatic heterocycles. The van der Waals surface area contributed by atoms with Crippen LogP contribution in [0.25, 0.3) is 0 Å². The third-order valence-electron chi connectivity index (χ3n) is 4.50. The Bertz CT molecular complexity index is 724. The SMILES string of the molecule is O=C(CN1CCC(Cn2ccnn2)CC1)Nc1ccccc1C(F)(F)F. The van der Waals surface area contributed by atoms with Crippen molar-refractivity contribution in [1.29, 1.82) is 0 Å². The molecule has 6 nitrogen and oxygen atoms in total. The lowest BCUT2D eigenvalue weighted by Gasteiger charge is -2.31. The molecule has 3 rings (SSSR count). The summed E-state index contributed by atoms with van der Waals surface area (Å²) in [5.41, 5.74) is -1.04. The number of nitrogens with one attached hydrogen (secondary N) is 1. The number of halogens is 3. The second kappa shape index (κ2) is 7.86. The number of hydrogen-bond donors (Lipinski definition) is 1. The molecule has 1 amide bonds. The van der Waals surface area contributed by atoms with Gasteiger partial charge in [-0.3, -0.25) is 14.4 Å². The molecule has 0 atom stereocenters. The molecular formula is C17H20F3N5O. The van der Waals surface area contributed by atoms with Crippen molar-refractivity contribution in [2.45, 2.75) is 25.6 Å². The monoisotopic (exact) mass is 367 g/mol. The third-order valence-corrected chi connectivity index (χ3v) is 4.50. The van der Waals surface area contributed by atoms with Crippen LogP contribution in [0.3, 0.4) is 0 Å². The molecule has 0 unspecified atom stereocenters. The van der Waals surface area contributed by atoms with Crippen LogP contribution >= 0.6 is 0 Å². The number of alkyl halides is 3. The van der Waals surface area contributed by atoms with Gasteiger partial charge in [-0.2, -0.15) is 13.2 Å². The minimum absolute atomic E-state index is 0.0856. The second-order valence-electron chi connectivity index (χ2n) is 6.44. The Morgan fingerprint density at radius 3 is 2.62 bits per heavy atom. The summed E-state index contributed by atoms with van der Waals surface area (Å²) in [7, 11) is 0. The summed E-state index contributed by atoms with van der Waals surface area (Å²) in [6.07, 6.45) is 0.776. The summed E-state index contributed by atoms with van der Waals surface area (Å²) in [5, 5.41) is 10.1. The average Bonchev–Trinajstić information content (AvgIpc) is 3.09. The first-order valence-corrected chi connectivity index (χ1v) is 8.44. The molecule has 2 heterocycles. The van der Waals surface area contributed by atoms with E-state index >= 15 is 0 Å². The lowest BCUT2D eigenvalue weighted by molar-refractivity contribution is -0.137. The minimum Gasteiger partial charge on any atom is -0.324 e. The summed E-state index contributed by atoms with van der Waals surface area (Å²) >= 11 is 0. The smallest absolute Gasteiger partial charge is 0.324 e. The van der Waals surface area contributed by atoms with E-state index in [-0.39, 0.29) is 12.2 Å². The Labute approximate surface area is 149 Å². The zero-order valence-electron chi connectivity index (χ0n) is 14.1. The highest BCUT2D eigenvalue weighted by atomic mass is 19.4. The molecule has 2 aromatic rings. The Hall–Kier alpha value is -2.42. The highest BCUT2D eigenvalue weighted by Gasteiger charge is 2.33. The largest absolute Gasteiger partial charge is 0.418 e. The van der Waals surface area contributed by atoms with E-state index in [9.17, 15) is 18.0 Å². The fourth-order valence-electron chi connectivity index (χ4n) is 3.15. The predicted octanol–water partition coefficient (Wildman–Crippen LogP) is 2.65. The summed E-state index contributed by atoms with van der Waals surface area (Å²) in [5.74, 6) is 0.0263. The van der Waals surface area contributed by atoms with Crippen molar-refractivity contribution in [2.75, 3.05) is 25.0 Å². The van der Waals surface area contributed by atoms with Crippen LogP contribution in [0.15, 0.2) is 36.7 Å². The summed E-state index contributed by atoms with van der Waals surface area (Å²) in [6, 6.07) is 5.01. The number of benzene rings is 1. The number of likely N-dealkylation sites (tertiary alicyclic amines) is 1. The Morgan fingerprint density at radius 1 is 1.23 bits per heavy atom. The molecule has 1 aromatic carbocycles. The Kier molecular flexibility index (Phi) is 5.55. The number of amides is 1. The van der Waals surface area contributed by atoms with Gasteiger partial charge in [0.1, 0.15) is 0 Å². The van der Waals surface area contributed by atoms with E-state index in [2.05, 4.69) is 15.6 Å². The van der Waals surface area contributed by atoms with Gasteiger partial charge in [-0.15, -0.1) is 5.10 Å². The molecule has 9 heteroatoms. The molecule has 1 aromatic heterocycles. The van der Waals surface area contributed by atoms with Gasteiger partial charge in [0.25, 0.3) is 0 Å². The highest BCUT2D eigenvalue weighted by Crippen LogP contribution is 2.34. The van der Waals surface area contributed by atoms with E-state index in [1.807, 2.05) is 11.1 Å². The Balaban J connectivity index is 1.49. The predicted molar refractivity (Wildman–Crippen MR) is 89.3 cm³/mol. The van der Waals surface area contributed by atoms with Crippen LogP contribution in [0.1, 0.15) is 18.4 Å². The van der Waals surface area contributed by atoms with Crippen LogP contribution in [0.2, 0.25) is 0 Å². The van der Waals surface area contributed by atoms with Crippen LogP contribution in [0.4, 0.5) is 18.9 Å². The molecule has 140 valence electrons. The summed E-state index contributed by atoms with van der Waals surface area (Å²) in [4.78, 5) is 14.1. The first-order valence-electron chi connectivity index (χ1n) is 8.44. The fraction of sp³-hybridized carbons (Fsp3) is 0.471. The van der Waals surface area contributed by atoms with Crippen LogP contribution in [-0.2, 0) is 17.5 Å². The molecule has 26 heavy (non-hydrogen) atoms. The first kappa shape index (κ1) is 18.4. The van der Waals surface area contributed by atoms with Gasteiger partial charge in [0, 0.05) is 12.7 Å². The van der Waals surface area contributed by atoms with Crippen molar-refractivity contribution in [3.05, 3.63) is 42.2 Å².